The molecule has 1 atom stereocenters. The Labute approximate surface area is 172 Å². The highest BCUT2D eigenvalue weighted by atomic mass is 79.9. The second kappa shape index (κ2) is 6.96. The lowest BCUT2D eigenvalue weighted by molar-refractivity contribution is -0.116. The lowest BCUT2D eigenvalue weighted by Gasteiger charge is -2.27. The molecule has 28 heavy (non-hydrogen) atoms. The molecule has 0 spiro atoms. The van der Waals surface area contributed by atoms with Gasteiger partial charge in [0.15, 0.2) is 0 Å². The SMILES string of the molecule is CC(=O)N1CCc2cc(Br)cc(S(=O)(=O)N3CCC[C@H]3c3c(C)noc3C)c21. The molecule has 2 aliphatic rings. The third kappa shape index (κ3) is 3.00. The fourth-order valence-electron chi connectivity index (χ4n) is 4.39. The number of aromatic nitrogens is 1. The number of aryl methyl sites for hydroxylation is 2. The van der Waals surface area contributed by atoms with Gasteiger partial charge in [-0.25, -0.2) is 8.42 Å². The Balaban J connectivity index is 1.85. The second-order valence-electron chi connectivity index (χ2n) is 7.34. The number of carbonyl (C=O) groups is 1. The number of hydrogen-bond acceptors (Lipinski definition) is 5. The first-order chi connectivity index (χ1) is 13.2. The van der Waals surface area contributed by atoms with Crippen LogP contribution in [0.3, 0.4) is 0 Å². The van der Waals surface area contributed by atoms with Crippen molar-refractivity contribution >= 4 is 37.5 Å². The summed E-state index contributed by atoms with van der Waals surface area (Å²) in [5, 5.41) is 4.00. The molecule has 7 nitrogen and oxygen atoms in total. The first kappa shape index (κ1) is 19.6. The van der Waals surface area contributed by atoms with E-state index in [-0.39, 0.29) is 16.8 Å². The largest absolute Gasteiger partial charge is 0.361 e. The van der Waals surface area contributed by atoms with E-state index in [0.717, 1.165) is 29.7 Å². The van der Waals surface area contributed by atoms with Gasteiger partial charge in [0, 0.05) is 30.0 Å². The van der Waals surface area contributed by atoms with Gasteiger partial charge >= 0.3 is 0 Å². The molecule has 1 amide bonds. The van der Waals surface area contributed by atoms with Crippen molar-refractivity contribution in [2.75, 3.05) is 18.0 Å². The zero-order valence-corrected chi connectivity index (χ0v) is 18.4. The number of carbonyl (C=O) groups excluding carboxylic acids is 1. The van der Waals surface area contributed by atoms with E-state index in [1.54, 1.807) is 11.0 Å². The summed E-state index contributed by atoms with van der Waals surface area (Å²) in [6.45, 7) is 6.04. The number of anilines is 1. The molecule has 2 aliphatic heterocycles. The van der Waals surface area contributed by atoms with Crippen LogP contribution in [0.4, 0.5) is 5.69 Å². The number of sulfonamides is 1. The van der Waals surface area contributed by atoms with Gasteiger partial charge in [0.2, 0.25) is 15.9 Å². The molecule has 1 fully saturated rings. The summed E-state index contributed by atoms with van der Waals surface area (Å²) in [5.74, 6) is 0.496. The van der Waals surface area contributed by atoms with E-state index in [2.05, 4.69) is 21.1 Å². The van der Waals surface area contributed by atoms with E-state index < -0.39 is 10.0 Å². The topological polar surface area (TPSA) is 83.7 Å². The summed E-state index contributed by atoms with van der Waals surface area (Å²) in [5.41, 5.74) is 2.95. The second-order valence-corrected chi connectivity index (χ2v) is 10.1. The molecule has 9 heteroatoms. The van der Waals surface area contributed by atoms with E-state index in [0.29, 0.717) is 35.4 Å². The summed E-state index contributed by atoms with van der Waals surface area (Å²) < 4.78 is 35.0. The number of rotatable bonds is 3. The van der Waals surface area contributed by atoms with Crippen molar-refractivity contribution in [3.05, 3.63) is 39.2 Å². The predicted octanol–water partition coefficient (Wildman–Crippen LogP) is 3.49. The quantitative estimate of drug-likeness (QED) is 0.689. The van der Waals surface area contributed by atoms with Crippen LogP contribution in [0.25, 0.3) is 0 Å². The zero-order chi connectivity index (χ0) is 20.2. The lowest BCUT2D eigenvalue weighted by Crippen LogP contribution is -2.33. The van der Waals surface area contributed by atoms with Crippen LogP contribution in [0.1, 0.15) is 48.4 Å². The van der Waals surface area contributed by atoms with Crippen LogP contribution in [0, 0.1) is 13.8 Å². The van der Waals surface area contributed by atoms with Gasteiger partial charge in [0.1, 0.15) is 10.7 Å². The maximum atomic E-state index is 13.8. The van der Waals surface area contributed by atoms with Gasteiger partial charge in [-0.05, 0) is 50.8 Å². The van der Waals surface area contributed by atoms with Crippen molar-refractivity contribution in [1.82, 2.24) is 9.46 Å². The summed E-state index contributed by atoms with van der Waals surface area (Å²) in [6.07, 6.45) is 2.12. The molecule has 1 aromatic heterocycles. The minimum Gasteiger partial charge on any atom is -0.361 e. The van der Waals surface area contributed by atoms with Crippen molar-refractivity contribution in [2.45, 2.75) is 51.0 Å². The fraction of sp³-hybridized carbons (Fsp3) is 0.474. The van der Waals surface area contributed by atoms with E-state index in [4.69, 9.17) is 4.52 Å². The minimum atomic E-state index is -3.82. The van der Waals surface area contributed by atoms with Crippen molar-refractivity contribution in [3.8, 4) is 0 Å². The molecule has 150 valence electrons. The summed E-state index contributed by atoms with van der Waals surface area (Å²) in [7, 11) is -3.82. The van der Waals surface area contributed by atoms with Crippen molar-refractivity contribution in [2.24, 2.45) is 0 Å². The van der Waals surface area contributed by atoms with Crippen LogP contribution in [0.15, 0.2) is 26.0 Å². The smallest absolute Gasteiger partial charge is 0.245 e. The van der Waals surface area contributed by atoms with E-state index in [9.17, 15) is 13.2 Å². The average molecular weight is 468 g/mol. The number of halogens is 1. The molecule has 4 rings (SSSR count). The van der Waals surface area contributed by atoms with Crippen LogP contribution >= 0.6 is 15.9 Å². The molecule has 0 unspecified atom stereocenters. The molecule has 1 aromatic carbocycles. The predicted molar refractivity (Wildman–Crippen MR) is 108 cm³/mol. The van der Waals surface area contributed by atoms with Crippen molar-refractivity contribution in [1.29, 1.82) is 0 Å². The van der Waals surface area contributed by atoms with Gasteiger partial charge in [0.05, 0.1) is 17.4 Å². The first-order valence-electron chi connectivity index (χ1n) is 9.27. The number of nitrogens with zero attached hydrogens (tertiary/aromatic N) is 3. The number of benzene rings is 1. The molecule has 0 saturated carbocycles. The molecular weight excluding hydrogens is 446 g/mol. The fourth-order valence-corrected chi connectivity index (χ4v) is 6.98. The third-order valence-electron chi connectivity index (χ3n) is 5.59. The minimum absolute atomic E-state index is 0.152. The Hall–Kier alpha value is -1.71. The van der Waals surface area contributed by atoms with Crippen molar-refractivity contribution < 1.29 is 17.7 Å². The average Bonchev–Trinajstić information content (AvgIpc) is 3.32. The Morgan fingerprint density at radius 2 is 2.04 bits per heavy atom. The number of amides is 1. The molecule has 0 radical (unpaired) electrons. The number of hydrogen-bond donors (Lipinski definition) is 0. The maximum Gasteiger partial charge on any atom is 0.245 e. The normalized spacial score (nSPS) is 20.0. The Bertz CT molecular complexity index is 1040. The van der Waals surface area contributed by atoms with Crippen LogP contribution < -0.4 is 4.90 Å². The van der Waals surface area contributed by atoms with Gasteiger partial charge in [-0.2, -0.15) is 4.31 Å². The summed E-state index contributed by atoms with van der Waals surface area (Å²) in [4.78, 5) is 13.9. The summed E-state index contributed by atoms with van der Waals surface area (Å²) >= 11 is 3.44. The van der Waals surface area contributed by atoms with Crippen LogP contribution in [0.2, 0.25) is 0 Å². The Morgan fingerprint density at radius 3 is 2.68 bits per heavy atom. The van der Waals surface area contributed by atoms with E-state index in [1.807, 2.05) is 19.9 Å². The molecule has 0 aliphatic carbocycles. The molecule has 3 heterocycles. The van der Waals surface area contributed by atoms with E-state index >= 15 is 0 Å². The summed E-state index contributed by atoms with van der Waals surface area (Å²) in [6, 6.07) is 3.20. The molecule has 2 aromatic rings. The van der Waals surface area contributed by atoms with Gasteiger partial charge < -0.3 is 9.42 Å². The standard InChI is InChI=1S/C19H22BrN3O4S/c1-11-18(12(2)27-21-11)16-5-4-7-23(16)28(25,26)17-10-15(20)9-14-6-8-22(13(3)24)19(14)17/h9-10,16H,4-8H2,1-3H3/t16-/m0/s1. The molecule has 0 bridgehead atoms. The van der Waals surface area contributed by atoms with Crippen LogP contribution in [-0.2, 0) is 21.2 Å². The number of fused-ring (bicyclic) bond motifs is 1. The molecule has 0 N–H and O–H groups in total. The van der Waals surface area contributed by atoms with Crippen LogP contribution in [-0.4, -0.2) is 36.9 Å². The maximum absolute atomic E-state index is 13.8. The lowest BCUT2D eigenvalue weighted by atomic mass is 10.0. The molecule has 1 saturated heterocycles. The highest BCUT2D eigenvalue weighted by molar-refractivity contribution is 9.10. The third-order valence-corrected chi connectivity index (χ3v) is 7.96. The van der Waals surface area contributed by atoms with Gasteiger partial charge in [-0.15, -0.1) is 0 Å². The highest BCUT2D eigenvalue weighted by Crippen LogP contribution is 2.44. The van der Waals surface area contributed by atoms with Gasteiger partial charge in [0.25, 0.3) is 0 Å². The molecular formula is C19H22BrN3O4S. The highest BCUT2D eigenvalue weighted by Gasteiger charge is 2.41. The Morgan fingerprint density at radius 1 is 1.29 bits per heavy atom. The monoisotopic (exact) mass is 467 g/mol. The van der Waals surface area contributed by atoms with Gasteiger partial charge in [-0.3, -0.25) is 4.79 Å². The first-order valence-corrected chi connectivity index (χ1v) is 11.5. The van der Waals surface area contributed by atoms with Crippen LogP contribution in [0.5, 0.6) is 0 Å². The van der Waals surface area contributed by atoms with E-state index in [1.165, 1.54) is 11.2 Å². The zero-order valence-electron chi connectivity index (χ0n) is 16.0. The van der Waals surface area contributed by atoms with Gasteiger partial charge in [-0.1, -0.05) is 21.1 Å². The Kier molecular flexibility index (Phi) is 4.87. The van der Waals surface area contributed by atoms with Crippen molar-refractivity contribution in [3.63, 3.8) is 0 Å².